The van der Waals surface area contributed by atoms with Gasteiger partial charge < -0.3 is 10.6 Å². The van der Waals surface area contributed by atoms with E-state index in [-0.39, 0.29) is 17.9 Å². The van der Waals surface area contributed by atoms with Crippen molar-refractivity contribution in [1.29, 1.82) is 0 Å². The zero-order valence-corrected chi connectivity index (χ0v) is 13.5. The third-order valence-corrected chi connectivity index (χ3v) is 4.08. The molecule has 0 aliphatic carbocycles. The van der Waals surface area contributed by atoms with E-state index in [9.17, 15) is 9.59 Å². The number of alkyl halides is 1. The summed E-state index contributed by atoms with van der Waals surface area (Å²) in [7, 11) is 0. The zero-order chi connectivity index (χ0) is 15.3. The highest BCUT2D eigenvalue weighted by Crippen LogP contribution is 2.17. The number of halogens is 1. The van der Waals surface area contributed by atoms with Crippen molar-refractivity contribution in [2.45, 2.75) is 45.5 Å². The van der Waals surface area contributed by atoms with Crippen LogP contribution in [0.2, 0.25) is 0 Å². The standard InChI is InChI=1S/C12H19ClN4O2S/c1-5-9-16-17-12(20-9)15-10(18)6(2)8(4)14-11(19)7(3)13/h6-8H,5H2,1-4H3,(H,14,19)(H,15,17,18). The Hall–Kier alpha value is -1.21. The summed E-state index contributed by atoms with van der Waals surface area (Å²) in [5.41, 5.74) is 0. The molecule has 20 heavy (non-hydrogen) atoms. The molecule has 2 amide bonds. The van der Waals surface area contributed by atoms with Gasteiger partial charge in [0.05, 0.1) is 5.92 Å². The molecule has 2 N–H and O–H groups in total. The molecule has 0 aliphatic rings. The van der Waals surface area contributed by atoms with Crippen molar-refractivity contribution >= 4 is 39.9 Å². The van der Waals surface area contributed by atoms with E-state index in [0.29, 0.717) is 5.13 Å². The fraction of sp³-hybridized carbons (Fsp3) is 0.667. The van der Waals surface area contributed by atoms with E-state index in [1.165, 1.54) is 11.3 Å². The van der Waals surface area contributed by atoms with Gasteiger partial charge >= 0.3 is 0 Å². The molecule has 0 aliphatic heterocycles. The van der Waals surface area contributed by atoms with Crippen molar-refractivity contribution in [1.82, 2.24) is 15.5 Å². The average molecular weight is 319 g/mol. The van der Waals surface area contributed by atoms with Crippen molar-refractivity contribution in [2.24, 2.45) is 5.92 Å². The van der Waals surface area contributed by atoms with Gasteiger partial charge in [0.1, 0.15) is 10.4 Å². The third kappa shape index (κ3) is 4.72. The van der Waals surface area contributed by atoms with E-state index < -0.39 is 11.3 Å². The number of hydrogen-bond acceptors (Lipinski definition) is 5. The van der Waals surface area contributed by atoms with E-state index in [1.54, 1.807) is 20.8 Å². The largest absolute Gasteiger partial charge is 0.352 e. The van der Waals surface area contributed by atoms with Gasteiger partial charge in [0, 0.05) is 6.04 Å². The van der Waals surface area contributed by atoms with E-state index in [0.717, 1.165) is 11.4 Å². The molecule has 3 atom stereocenters. The average Bonchev–Trinajstić information content (AvgIpc) is 2.85. The van der Waals surface area contributed by atoms with Crippen LogP contribution in [0.3, 0.4) is 0 Å². The second kappa shape index (κ2) is 7.54. The lowest BCUT2D eigenvalue weighted by atomic mass is 10.0. The number of anilines is 1. The van der Waals surface area contributed by atoms with E-state index in [1.807, 2.05) is 6.92 Å². The van der Waals surface area contributed by atoms with Gasteiger partial charge in [0.15, 0.2) is 0 Å². The fourth-order valence-corrected chi connectivity index (χ4v) is 2.10. The van der Waals surface area contributed by atoms with Crippen LogP contribution in [-0.2, 0) is 16.0 Å². The van der Waals surface area contributed by atoms with Gasteiger partial charge in [-0.2, -0.15) is 0 Å². The summed E-state index contributed by atoms with van der Waals surface area (Å²) in [6.07, 6.45) is 0.781. The molecule has 112 valence electrons. The van der Waals surface area contributed by atoms with Gasteiger partial charge in [0.2, 0.25) is 16.9 Å². The Morgan fingerprint density at radius 2 is 1.90 bits per heavy atom. The van der Waals surface area contributed by atoms with Crippen molar-refractivity contribution < 1.29 is 9.59 Å². The Balaban J connectivity index is 2.55. The molecule has 0 bridgehead atoms. The fourth-order valence-electron chi connectivity index (χ4n) is 1.36. The molecule has 1 aromatic heterocycles. The monoisotopic (exact) mass is 318 g/mol. The van der Waals surface area contributed by atoms with Crippen LogP contribution in [0.1, 0.15) is 32.7 Å². The van der Waals surface area contributed by atoms with Gasteiger partial charge in [-0.05, 0) is 20.3 Å². The van der Waals surface area contributed by atoms with E-state index in [4.69, 9.17) is 11.6 Å². The highest BCUT2D eigenvalue weighted by molar-refractivity contribution is 7.15. The molecule has 1 aromatic rings. The molecule has 1 rings (SSSR count). The van der Waals surface area contributed by atoms with Gasteiger partial charge in [-0.15, -0.1) is 21.8 Å². The van der Waals surface area contributed by atoms with Crippen LogP contribution in [0.4, 0.5) is 5.13 Å². The zero-order valence-electron chi connectivity index (χ0n) is 11.9. The van der Waals surface area contributed by atoms with Crippen LogP contribution in [0.5, 0.6) is 0 Å². The molecule has 8 heteroatoms. The van der Waals surface area contributed by atoms with Crippen molar-refractivity contribution in [3.05, 3.63) is 5.01 Å². The summed E-state index contributed by atoms with van der Waals surface area (Å²) < 4.78 is 0. The number of nitrogens with one attached hydrogen (secondary N) is 2. The van der Waals surface area contributed by atoms with Crippen LogP contribution in [0.25, 0.3) is 0 Å². The molecule has 6 nitrogen and oxygen atoms in total. The molecule has 3 unspecified atom stereocenters. The Morgan fingerprint density at radius 1 is 1.25 bits per heavy atom. The summed E-state index contributed by atoms with van der Waals surface area (Å²) in [4.78, 5) is 23.5. The molecule has 1 heterocycles. The van der Waals surface area contributed by atoms with Gasteiger partial charge in [-0.25, -0.2) is 0 Å². The Bertz CT molecular complexity index is 478. The lowest BCUT2D eigenvalue weighted by molar-refractivity contribution is -0.123. The molecular formula is C12H19ClN4O2S. The maximum atomic E-state index is 12.0. The summed E-state index contributed by atoms with van der Waals surface area (Å²) in [6.45, 7) is 7.06. The predicted octanol–water partition coefficient (Wildman–Crippen LogP) is 1.81. The Morgan fingerprint density at radius 3 is 2.40 bits per heavy atom. The first-order chi connectivity index (χ1) is 9.35. The maximum Gasteiger partial charge on any atom is 0.237 e. The first-order valence-electron chi connectivity index (χ1n) is 6.42. The number of aryl methyl sites for hydroxylation is 1. The minimum Gasteiger partial charge on any atom is -0.352 e. The van der Waals surface area contributed by atoms with Gasteiger partial charge in [-0.3, -0.25) is 9.59 Å². The summed E-state index contributed by atoms with van der Waals surface area (Å²) in [6, 6.07) is -0.317. The number of hydrogen-bond donors (Lipinski definition) is 2. The normalized spacial score (nSPS) is 15.2. The van der Waals surface area contributed by atoms with Crippen LogP contribution >= 0.6 is 22.9 Å². The minimum atomic E-state index is -0.622. The highest BCUT2D eigenvalue weighted by Gasteiger charge is 2.24. The summed E-state index contributed by atoms with van der Waals surface area (Å²) in [5, 5.41) is 13.9. The Kier molecular flexibility index (Phi) is 6.35. The summed E-state index contributed by atoms with van der Waals surface area (Å²) >= 11 is 7.02. The molecule has 0 aromatic carbocycles. The molecule has 0 fully saturated rings. The molecule has 0 saturated carbocycles. The number of rotatable bonds is 6. The first kappa shape index (κ1) is 16.8. The van der Waals surface area contributed by atoms with Crippen molar-refractivity contribution in [3.8, 4) is 0 Å². The predicted molar refractivity (Wildman–Crippen MR) is 80.0 cm³/mol. The minimum absolute atomic E-state index is 0.209. The lowest BCUT2D eigenvalue weighted by Crippen LogP contribution is -2.44. The van der Waals surface area contributed by atoms with Crippen molar-refractivity contribution in [3.63, 3.8) is 0 Å². The van der Waals surface area contributed by atoms with Crippen molar-refractivity contribution in [2.75, 3.05) is 5.32 Å². The number of aromatic nitrogens is 2. The topological polar surface area (TPSA) is 84.0 Å². The number of carbonyl (C=O) groups excluding carboxylic acids is 2. The van der Waals surface area contributed by atoms with Crippen LogP contribution in [-0.4, -0.2) is 33.4 Å². The quantitative estimate of drug-likeness (QED) is 0.783. The second-order valence-electron chi connectivity index (χ2n) is 4.55. The Labute approximate surface area is 127 Å². The molecule has 0 spiro atoms. The van der Waals surface area contributed by atoms with E-state index in [2.05, 4.69) is 20.8 Å². The number of nitrogens with zero attached hydrogens (tertiary/aromatic N) is 2. The number of amides is 2. The van der Waals surface area contributed by atoms with Crippen LogP contribution in [0, 0.1) is 5.92 Å². The molecule has 0 radical (unpaired) electrons. The van der Waals surface area contributed by atoms with Crippen LogP contribution < -0.4 is 10.6 Å². The van der Waals surface area contributed by atoms with Gasteiger partial charge in [-0.1, -0.05) is 25.2 Å². The molecule has 0 saturated heterocycles. The lowest BCUT2D eigenvalue weighted by Gasteiger charge is -2.20. The first-order valence-corrected chi connectivity index (χ1v) is 7.68. The molecular weight excluding hydrogens is 300 g/mol. The van der Waals surface area contributed by atoms with Crippen LogP contribution in [0.15, 0.2) is 0 Å². The van der Waals surface area contributed by atoms with Gasteiger partial charge in [0.25, 0.3) is 0 Å². The van der Waals surface area contributed by atoms with E-state index >= 15 is 0 Å². The highest BCUT2D eigenvalue weighted by atomic mass is 35.5. The smallest absolute Gasteiger partial charge is 0.237 e. The maximum absolute atomic E-state index is 12.0. The number of carbonyl (C=O) groups is 2. The second-order valence-corrected chi connectivity index (χ2v) is 6.26. The summed E-state index contributed by atoms with van der Waals surface area (Å²) in [5.74, 6) is -0.898. The SMILES string of the molecule is CCc1nnc(NC(=O)C(C)C(C)NC(=O)C(C)Cl)s1. The third-order valence-electron chi connectivity index (χ3n) is 2.89.